The van der Waals surface area contributed by atoms with Crippen molar-refractivity contribution in [2.75, 3.05) is 21.3 Å². The number of aromatic amines is 2. The Balaban J connectivity index is 2.16. The first-order valence-corrected chi connectivity index (χ1v) is 6.62. The summed E-state index contributed by atoms with van der Waals surface area (Å²) in [5.41, 5.74) is 2.53. The molecule has 0 unspecified atom stereocenters. The van der Waals surface area contributed by atoms with Gasteiger partial charge in [-0.15, -0.1) is 0 Å². The molecule has 0 bridgehead atoms. The summed E-state index contributed by atoms with van der Waals surface area (Å²) in [7, 11) is 4.74. The van der Waals surface area contributed by atoms with Gasteiger partial charge in [-0.2, -0.15) is 5.10 Å². The van der Waals surface area contributed by atoms with Gasteiger partial charge >= 0.3 is 0 Å². The highest BCUT2D eigenvalue weighted by Crippen LogP contribution is 2.42. The minimum absolute atomic E-state index is 0.549. The van der Waals surface area contributed by atoms with Crippen molar-refractivity contribution in [3.05, 3.63) is 30.7 Å². The molecule has 3 rings (SSSR count). The van der Waals surface area contributed by atoms with Gasteiger partial charge in [0.1, 0.15) is 5.82 Å². The standard InChI is InChI=1S/C15H16N4O3/c1-20-11-6-9(7-12(21-2)14(11)22-3)13-10(8-18-19-13)15-16-4-5-17-15/h4-8H,1-3H3,(H,16,17)(H,18,19). The van der Waals surface area contributed by atoms with Crippen molar-refractivity contribution in [3.63, 3.8) is 0 Å². The van der Waals surface area contributed by atoms with Crippen molar-refractivity contribution < 1.29 is 14.2 Å². The van der Waals surface area contributed by atoms with E-state index in [2.05, 4.69) is 20.2 Å². The van der Waals surface area contributed by atoms with Crippen molar-refractivity contribution in [2.24, 2.45) is 0 Å². The molecule has 0 saturated carbocycles. The van der Waals surface area contributed by atoms with E-state index in [4.69, 9.17) is 14.2 Å². The van der Waals surface area contributed by atoms with Crippen LogP contribution in [0.15, 0.2) is 30.7 Å². The molecule has 0 spiro atoms. The van der Waals surface area contributed by atoms with Gasteiger partial charge in [0.15, 0.2) is 11.5 Å². The Morgan fingerprint density at radius 3 is 2.27 bits per heavy atom. The number of aromatic nitrogens is 4. The highest BCUT2D eigenvalue weighted by molar-refractivity contribution is 5.79. The summed E-state index contributed by atoms with van der Waals surface area (Å²) in [6, 6.07) is 3.72. The fraction of sp³-hybridized carbons (Fsp3) is 0.200. The molecule has 0 radical (unpaired) electrons. The first-order chi connectivity index (χ1) is 10.8. The van der Waals surface area contributed by atoms with Gasteiger partial charge in [0.2, 0.25) is 5.75 Å². The second kappa shape index (κ2) is 5.80. The van der Waals surface area contributed by atoms with Crippen molar-refractivity contribution in [3.8, 4) is 39.9 Å². The third kappa shape index (κ3) is 2.26. The molecule has 7 heteroatoms. The van der Waals surface area contributed by atoms with E-state index < -0.39 is 0 Å². The lowest BCUT2D eigenvalue weighted by molar-refractivity contribution is 0.324. The van der Waals surface area contributed by atoms with E-state index in [9.17, 15) is 0 Å². The maximum Gasteiger partial charge on any atom is 0.203 e. The molecule has 0 fully saturated rings. The van der Waals surface area contributed by atoms with Gasteiger partial charge in [-0.3, -0.25) is 5.10 Å². The molecule has 1 aromatic carbocycles. The Labute approximate surface area is 127 Å². The van der Waals surface area contributed by atoms with E-state index in [-0.39, 0.29) is 0 Å². The predicted octanol–water partition coefficient (Wildman–Crippen LogP) is 2.49. The molecule has 2 N–H and O–H groups in total. The van der Waals surface area contributed by atoms with Crippen molar-refractivity contribution in [1.29, 1.82) is 0 Å². The zero-order valence-electron chi connectivity index (χ0n) is 12.5. The lowest BCUT2D eigenvalue weighted by Crippen LogP contribution is -1.96. The van der Waals surface area contributed by atoms with Gasteiger partial charge in [-0.05, 0) is 12.1 Å². The third-order valence-electron chi connectivity index (χ3n) is 3.35. The molecule has 0 aliphatic heterocycles. The van der Waals surface area contributed by atoms with Crippen molar-refractivity contribution in [2.45, 2.75) is 0 Å². The van der Waals surface area contributed by atoms with Crippen LogP contribution in [0.4, 0.5) is 0 Å². The predicted molar refractivity (Wildman–Crippen MR) is 81.3 cm³/mol. The van der Waals surface area contributed by atoms with Crippen molar-refractivity contribution in [1.82, 2.24) is 20.2 Å². The summed E-state index contributed by atoms with van der Waals surface area (Å²) in [5, 5.41) is 7.10. The fourth-order valence-electron chi connectivity index (χ4n) is 2.32. The van der Waals surface area contributed by atoms with Crippen LogP contribution < -0.4 is 14.2 Å². The zero-order chi connectivity index (χ0) is 15.5. The maximum absolute atomic E-state index is 5.39. The van der Waals surface area contributed by atoms with Gasteiger partial charge < -0.3 is 19.2 Å². The Kier molecular flexibility index (Phi) is 3.69. The minimum Gasteiger partial charge on any atom is -0.493 e. The van der Waals surface area contributed by atoms with Crippen LogP contribution in [0, 0.1) is 0 Å². The highest BCUT2D eigenvalue weighted by Gasteiger charge is 2.18. The van der Waals surface area contributed by atoms with Crippen molar-refractivity contribution >= 4 is 0 Å². The van der Waals surface area contributed by atoms with Gasteiger partial charge in [0.05, 0.1) is 38.8 Å². The minimum atomic E-state index is 0.549. The smallest absolute Gasteiger partial charge is 0.203 e. The molecular formula is C15H16N4O3. The number of benzene rings is 1. The van der Waals surface area contributed by atoms with Gasteiger partial charge in [0, 0.05) is 18.0 Å². The third-order valence-corrected chi connectivity index (χ3v) is 3.35. The van der Waals surface area contributed by atoms with E-state index in [1.807, 2.05) is 12.1 Å². The number of imidazole rings is 1. The summed E-state index contributed by atoms with van der Waals surface area (Å²) in [6.07, 6.45) is 5.18. The SMILES string of the molecule is COc1cc(-c2[nH]ncc2-c2ncc[nH]2)cc(OC)c1OC. The topological polar surface area (TPSA) is 85.1 Å². The highest BCUT2D eigenvalue weighted by atomic mass is 16.5. The summed E-state index contributed by atoms with van der Waals surface area (Å²) >= 11 is 0. The number of ether oxygens (including phenoxy) is 3. The molecule has 3 aromatic rings. The monoisotopic (exact) mass is 300 g/mol. The number of hydrogen-bond donors (Lipinski definition) is 2. The van der Waals surface area contributed by atoms with Gasteiger partial charge in [-0.1, -0.05) is 0 Å². The summed E-state index contributed by atoms with van der Waals surface area (Å²) in [5.74, 6) is 2.44. The fourth-order valence-corrected chi connectivity index (χ4v) is 2.32. The average Bonchev–Trinajstić information content (AvgIpc) is 3.23. The molecule has 22 heavy (non-hydrogen) atoms. The molecule has 0 amide bonds. The van der Waals surface area contributed by atoms with E-state index in [1.165, 1.54) is 0 Å². The lowest BCUT2D eigenvalue weighted by atomic mass is 10.1. The first kappa shape index (κ1) is 14.0. The number of nitrogens with zero attached hydrogens (tertiary/aromatic N) is 2. The summed E-state index contributed by atoms with van der Waals surface area (Å²) in [6.45, 7) is 0. The lowest BCUT2D eigenvalue weighted by Gasteiger charge is -2.14. The first-order valence-electron chi connectivity index (χ1n) is 6.62. The molecule has 0 saturated heterocycles. The Bertz CT molecular complexity index is 740. The van der Waals surface area contributed by atoms with Crippen LogP contribution >= 0.6 is 0 Å². The Morgan fingerprint density at radius 1 is 1.00 bits per heavy atom. The average molecular weight is 300 g/mol. The van der Waals surface area contributed by atoms with E-state index in [0.29, 0.717) is 17.2 Å². The number of methoxy groups -OCH3 is 3. The second-order valence-corrected chi connectivity index (χ2v) is 4.51. The number of hydrogen-bond acceptors (Lipinski definition) is 5. The molecule has 0 atom stereocenters. The van der Waals surface area contributed by atoms with Crippen LogP contribution in [0.3, 0.4) is 0 Å². The summed E-state index contributed by atoms with van der Waals surface area (Å²) in [4.78, 5) is 7.33. The van der Waals surface area contributed by atoms with E-state index in [0.717, 1.165) is 22.6 Å². The largest absolute Gasteiger partial charge is 0.493 e. The molecule has 2 heterocycles. The number of rotatable bonds is 5. The van der Waals surface area contributed by atoms with E-state index in [1.54, 1.807) is 39.9 Å². The Morgan fingerprint density at radius 2 is 1.73 bits per heavy atom. The van der Waals surface area contributed by atoms with Crippen LogP contribution in [0.1, 0.15) is 0 Å². The molecule has 2 aromatic heterocycles. The van der Waals surface area contributed by atoms with E-state index >= 15 is 0 Å². The van der Waals surface area contributed by atoms with Crippen LogP contribution in [-0.2, 0) is 0 Å². The van der Waals surface area contributed by atoms with Gasteiger partial charge in [-0.25, -0.2) is 4.98 Å². The van der Waals surface area contributed by atoms with Gasteiger partial charge in [0.25, 0.3) is 0 Å². The van der Waals surface area contributed by atoms with Crippen LogP contribution in [-0.4, -0.2) is 41.5 Å². The van der Waals surface area contributed by atoms with Crippen LogP contribution in [0.25, 0.3) is 22.6 Å². The quantitative estimate of drug-likeness (QED) is 0.756. The molecule has 0 aliphatic rings. The van der Waals surface area contributed by atoms with Crippen LogP contribution in [0.5, 0.6) is 17.2 Å². The van der Waals surface area contributed by atoms with Crippen LogP contribution in [0.2, 0.25) is 0 Å². The molecule has 7 nitrogen and oxygen atoms in total. The normalized spacial score (nSPS) is 10.5. The maximum atomic E-state index is 5.39. The molecule has 0 aliphatic carbocycles. The Hall–Kier alpha value is -2.96. The number of H-pyrrole nitrogens is 2. The summed E-state index contributed by atoms with van der Waals surface area (Å²) < 4.78 is 16.1. The molecular weight excluding hydrogens is 284 g/mol. The molecule has 114 valence electrons. The zero-order valence-corrected chi connectivity index (χ0v) is 12.5. The second-order valence-electron chi connectivity index (χ2n) is 4.51. The number of nitrogens with one attached hydrogen (secondary N) is 2.